The SMILES string of the molecule is COc1cc([N+](=O)[O-])ccc1NC(=O)CNc1cccc(C#N)c1. The van der Waals surface area contributed by atoms with Gasteiger partial charge in [-0.1, -0.05) is 6.07 Å². The van der Waals surface area contributed by atoms with E-state index in [4.69, 9.17) is 10.00 Å². The summed E-state index contributed by atoms with van der Waals surface area (Å²) in [6.45, 7) is -0.0327. The third-order valence-electron chi connectivity index (χ3n) is 3.11. The zero-order valence-corrected chi connectivity index (χ0v) is 12.8. The Hall–Kier alpha value is -3.60. The van der Waals surface area contributed by atoms with Crippen LogP contribution in [-0.4, -0.2) is 24.5 Å². The largest absolute Gasteiger partial charge is 0.494 e. The summed E-state index contributed by atoms with van der Waals surface area (Å²) < 4.78 is 5.05. The lowest BCUT2D eigenvalue weighted by molar-refractivity contribution is -0.384. The van der Waals surface area contributed by atoms with Crippen molar-refractivity contribution < 1.29 is 14.5 Å². The second-order valence-electron chi connectivity index (χ2n) is 4.74. The van der Waals surface area contributed by atoms with Gasteiger partial charge in [0.25, 0.3) is 5.69 Å². The molecule has 0 spiro atoms. The van der Waals surface area contributed by atoms with Crippen molar-refractivity contribution in [3.8, 4) is 11.8 Å². The number of nitriles is 1. The summed E-state index contributed by atoms with van der Waals surface area (Å²) in [5, 5.41) is 25.1. The standard InChI is InChI=1S/C16H14N4O4/c1-24-15-8-13(20(22)23)5-6-14(15)19-16(21)10-18-12-4-2-3-11(7-12)9-17/h2-8,18H,10H2,1H3,(H,19,21). The fourth-order valence-electron chi connectivity index (χ4n) is 1.97. The predicted molar refractivity (Wildman–Crippen MR) is 87.9 cm³/mol. The first-order chi connectivity index (χ1) is 11.5. The Morgan fingerprint density at radius 1 is 1.33 bits per heavy atom. The van der Waals surface area contributed by atoms with Crippen LogP contribution in [0.2, 0.25) is 0 Å². The molecule has 2 aromatic rings. The molecule has 0 saturated carbocycles. The second-order valence-corrected chi connectivity index (χ2v) is 4.74. The Morgan fingerprint density at radius 3 is 2.79 bits per heavy atom. The summed E-state index contributed by atoms with van der Waals surface area (Å²) in [4.78, 5) is 22.2. The molecular weight excluding hydrogens is 312 g/mol. The molecule has 2 N–H and O–H groups in total. The Kier molecular flexibility index (Phi) is 5.31. The number of nitrogens with one attached hydrogen (secondary N) is 2. The van der Waals surface area contributed by atoms with Gasteiger partial charge in [-0.25, -0.2) is 0 Å². The first-order valence-corrected chi connectivity index (χ1v) is 6.90. The highest BCUT2D eigenvalue weighted by molar-refractivity contribution is 5.95. The molecule has 0 atom stereocenters. The van der Waals surface area contributed by atoms with E-state index in [9.17, 15) is 14.9 Å². The highest BCUT2D eigenvalue weighted by atomic mass is 16.6. The molecule has 8 heteroatoms. The number of amides is 1. The number of hydrogen-bond acceptors (Lipinski definition) is 6. The van der Waals surface area contributed by atoms with E-state index in [1.54, 1.807) is 24.3 Å². The number of ether oxygens (including phenoxy) is 1. The van der Waals surface area contributed by atoms with Gasteiger partial charge in [0.15, 0.2) is 0 Å². The topological polar surface area (TPSA) is 117 Å². The molecule has 122 valence electrons. The summed E-state index contributed by atoms with van der Waals surface area (Å²) >= 11 is 0. The van der Waals surface area contributed by atoms with E-state index in [0.29, 0.717) is 16.9 Å². The third kappa shape index (κ3) is 4.20. The molecule has 2 rings (SSSR count). The van der Waals surface area contributed by atoms with Crippen molar-refractivity contribution in [2.75, 3.05) is 24.3 Å². The van der Waals surface area contributed by atoms with Gasteiger partial charge < -0.3 is 15.4 Å². The van der Waals surface area contributed by atoms with Crippen LogP contribution in [0.15, 0.2) is 42.5 Å². The summed E-state index contributed by atoms with van der Waals surface area (Å²) in [6, 6.07) is 12.7. The molecule has 0 heterocycles. The summed E-state index contributed by atoms with van der Waals surface area (Å²) in [7, 11) is 1.36. The average Bonchev–Trinajstić information content (AvgIpc) is 2.60. The van der Waals surface area contributed by atoms with Crippen molar-refractivity contribution in [1.29, 1.82) is 5.26 Å². The second kappa shape index (κ2) is 7.60. The number of nitro groups is 1. The van der Waals surface area contributed by atoms with Gasteiger partial charge in [-0.15, -0.1) is 0 Å². The monoisotopic (exact) mass is 326 g/mol. The van der Waals surface area contributed by atoms with E-state index < -0.39 is 4.92 Å². The number of nitro benzene ring substituents is 1. The quantitative estimate of drug-likeness (QED) is 0.622. The zero-order chi connectivity index (χ0) is 17.5. The molecule has 0 unspecified atom stereocenters. The Labute approximate surface area is 137 Å². The molecule has 8 nitrogen and oxygen atoms in total. The summed E-state index contributed by atoms with van der Waals surface area (Å²) in [5.74, 6) is -0.159. The normalized spacial score (nSPS) is 9.67. The molecular formula is C16H14N4O4. The van der Waals surface area contributed by atoms with Crippen LogP contribution in [0.4, 0.5) is 17.1 Å². The van der Waals surface area contributed by atoms with Crippen LogP contribution in [0.5, 0.6) is 5.75 Å². The molecule has 0 aliphatic rings. The minimum atomic E-state index is -0.544. The highest BCUT2D eigenvalue weighted by Crippen LogP contribution is 2.28. The molecule has 2 aromatic carbocycles. The van der Waals surface area contributed by atoms with Gasteiger partial charge in [-0.2, -0.15) is 5.26 Å². The molecule has 0 aliphatic carbocycles. The van der Waals surface area contributed by atoms with E-state index in [1.165, 1.54) is 25.3 Å². The number of anilines is 2. The van der Waals surface area contributed by atoms with Gasteiger partial charge in [0.2, 0.25) is 5.91 Å². The van der Waals surface area contributed by atoms with Crippen molar-refractivity contribution >= 4 is 23.0 Å². The van der Waals surface area contributed by atoms with E-state index in [1.807, 2.05) is 6.07 Å². The molecule has 0 aliphatic heterocycles. The fraction of sp³-hybridized carbons (Fsp3) is 0.125. The van der Waals surface area contributed by atoms with E-state index in [2.05, 4.69) is 10.6 Å². The van der Waals surface area contributed by atoms with Gasteiger partial charge in [0.1, 0.15) is 5.75 Å². The van der Waals surface area contributed by atoms with Gasteiger partial charge in [-0.05, 0) is 24.3 Å². The minimum Gasteiger partial charge on any atom is -0.494 e. The lowest BCUT2D eigenvalue weighted by atomic mass is 10.2. The number of carbonyl (C=O) groups is 1. The van der Waals surface area contributed by atoms with Crippen LogP contribution in [0, 0.1) is 21.4 Å². The number of hydrogen-bond donors (Lipinski definition) is 2. The zero-order valence-electron chi connectivity index (χ0n) is 12.8. The number of methoxy groups -OCH3 is 1. The molecule has 0 aromatic heterocycles. The maximum Gasteiger partial charge on any atom is 0.273 e. The van der Waals surface area contributed by atoms with Crippen LogP contribution in [-0.2, 0) is 4.79 Å². The van der Waals surface area contributed by atoms with Gasteiger partial charge in [-0.3, -0.25) is 14.9 Å². The third-order valence-corrected chi connectivity index (χ3v) is 3.11. The molecule has 0 fully saturated rings. The van der Waals surface area contributed by atoms with Crippen LogP contribution >= 0.6 is 0 Å². The number of benzene rings is 2. The van der Waals surface area contributed by atoms with Crippen molar-refractivity contribution in [1.82, 2.24) is 0 Å². The van der Waals surface area contributed by atoms with Crippen molar-refractivity contribution in [2.45, 2.75) is 0 Å². The maximum atomic E-state index is 12.0. The van der Waals surface area contributed by atoms with Crippen molar-refractivity contribution in [3.05, 3.63) is 58.1 Å². The van der Waals surface area contributed by atoms with Crippen LogP contribution in [0.25, 0.3) is 0 Å². The van der Waals surface area contributed by atoms with Crippen LogP contribution in [0.1, 0.15) is 5.56 Å². The fourth-order valence-corrected chi connectivity index (χ4v) is 1.97. The van der Waals surface area contributed by atoms with Crippen LogP contribution in [0.3, 0.4) is 0 Å². The van der Waals surface area contributed by atoms with Crippen molar-refractivity contribution in [3.63, 3.8) is 0 Å². The molecule has 24 heavy (non-hydrogen) atoms. The Morgan fingerprint density at radius 2 is 2.12 bits per heavy atom. The predicted octanol–water partition coefficient (Wildman–Crippen LogP) is 2.53. The Balaban J connectivity index is 2.01. The molecule has 0 bridgehead atoms. The lowest BCUT2D eigenvalue weighted by Gasteiger charge is -2.11. The van der Waals surface area contributed by atoms with E-state index >= 15 is 0 Å². The van der Waals surface area contributed by atoms with E-state index in [0.717, 1.165) is 0 Å². The van der Waals surface area contributed by atoms with Gasteiger partial charge in [0.05, 0.1) is 42.0 Å². The molecule has 0 saturated heterocycles. The smallest absolute Gasteiger partial charge is 0.273 e. The summed E-state index contributed by atoms with van der Waals surface area (Å²) in [6.07, 6.45) is 0. The first-order valence-electron chi connectivity index (χ1n) is 6.90. The van der Waals surface area contributed by atoms with Crippen LogP contribution < -0.4 is 15.4 Å². The number of nitrogens with zero attached hydrogens (tertiary/aromatic N) is 2. The highest BCUT2D eigenvalue weighted by Gasteiger charge is 2.13. The Bertz CT molecular complexity index is 814. The van der Waals surface area contributed by atoms with Gasteiger partial charge in [0, 0.05) is 11.8 Å². The summed E-state index contributed by atoms with van der Waals surface area (Å²) in [5.41, 5.74) is 1.33. The van der Waals surface area contributed by atoms with Gasteiger partial charge >= 0.3 is 0 Å². The maximum absolute atomic E-state index is 12.0. The lowest BCUT2D eigenvalue weighted by Crippen LogP contribution is -2.22. The van der Waals surface area contributed by atoms with E-state index in [-0.39, 0.29) is 23.9 Å². The number of rotatable bonds is 6. The number of non-ortho nitro benzene ring substituents is 1. The number of carbonyl (C=O) groups excluding carboxylic acids is 1. The van der Waals surface area contributed by atoms with Crippen molar-refractivity contribution in [2.24, 2.45) is 0 Å². The average molecular weight is 326 g/mol. The minimum absolute atomic E-state index is 0.0327. The molecule has 1 amide bonds. The molecule has 0 radical (unpaired) electrons. The first kappa shape index (κ1) is 16.8.